The molecular formula is C13H7ClF4N2O. The van der Waals surface area contributed by atoms with Crippen molar-refractivity contribution < 1.29 is 22.4 Å². The smallest absolute Gasteiger partial charge is 0.319 e. The molecule has 0 aliphatic heterocycles. The minimum absolute atomic E-state index is 0.0344. The van der Waals surface area contributed by atoms with Crippen LogP contribution in [0.3, 0.4) is 0 Å². The van der Waals surface area contributed by atoms with Gasteiger partial charge in [-0.3, -0.25) is 4.79 Å². The van der Waals surface area contributed by atoms with Crippen molar-refractivity contribution in [2.75, 3.05) is 5.32 Å². The lowest BCUT2D eigenvalue weighted by atomic mass is 10.1. The third kappa shape index (κ3) is 3.69. The minimum atomic E-state index is -4.63. The summed E-state index contributed by atoms with van der Waals surface area (Å²) in [6, 6.07) is 4.26. The first kappa shape index (κ1) is 15.2. The lowest BCUT2D eigenvalue weighted by molar-refractivity contribution is -0.137. The second-order valence-electron chi connectivity index (χ2n) is 4.01. The van der Waals surface area contributed by atoms with Crippen LogP contribution in [0.5, 0.6) is 0 Å². The molecule has 2 rings (SSSR count). The maximum absolute atomic E-state index is 13.5. The summed E-state index contributed by atoms with van der Waals surface area (Å²) < 4.78 is 51.1. The summed E-state index contributed by atoms with van der Waals surface area (Å²) in [6.45, 7) is 0. The van der Waals surface area contributed by atoms with E-state index in [2.05, 4.69) is 10.3 Å². The second-order valence-corrected chi connectivity index (χ2v) is 4.40. The van der Waals surface area contributed by atoms with Gasteiger partial charge >= 0.3 is 6.18 Å². The van der Waals surface area contributed by atoms with E-state index in [9.17, 15) is 22.4 Å². The number of pyridine rings is 1. The van der Waals surface area contributed by atoms with Crippen molar-refractivity contribution in [1.29, 1.82) is 0 Å². The Morgan fingerprint density at radius 1 is 1.19 bits per heavy atom. The molecule has 1 N–H and O–H groups in total. The van der Waals surface area contributed by atoms with Crippen molar-refractivity contribution in [3.8, 4) is 0 Å². The van der Waals surface area contributed by atoms with Gasteiger partial charge in [-0.15, -0.1) is 0 Å². The molecule has 110 valence electrons. The topological polar surface area (TPSA) is 42.0 Å². The number of carbonyl (C=O) groups is 1. The van der Waals surface area contributed by atoms with E-state index in [4.69, 9.17) is 11.6 Å². The van der Waals surface area contributed by atoms with Gasteiger partial charge < -0.3 is 5.32 Å². The van der Waals surface area contributed by atoms with E-state index in [0.29, 0.717) is 18.2 Å². The molecule has 0 aliphatic carbocycles. The summed E-state index contributed by atoms with van der Waals surface area (Å²) in [5.74, 6) is -1.77. The van der Waals surface area contributed by atoms with E-state index in [0.717, 1.165) is 0 Å². The summed E-state index contributed by atoms with van der Waals surface area (Å²) in [5.41, 5.74) is -1.58. The molecule has 0 atom stereocenters. The van der Waals surface area contributed by atoms with E-state index >= 15 is 0 Å². The Morgan fingerprint density at radius 2 is 1.90 bits per heavy atom. The van der Waals surface area contributed by atoms with E-state index in [1.807, 2.05) is 0 Å². The molecule has 0 saturated heterocycles. The van der Waals surface area contributed by atoms with Gasteiger partial charge in [0.1, 0.15) is 11.0 Å². The Labute approximate surface area is 121 Å². The van der Waals surface area contributed by atoms with Crippen LogP contribution in [0.4, 0.5) is 23.2 Å². The third-order valence-electron chi connectivity index (χ3n) is 2.53. The average molecular weight is 319 g/mol. The maximum Gasteiger partial charge on any atom is 0.416 e. The van der Waals surface area contributed by atoms with Gasteiger partial charge in [0.05, 0.1) is 11.3 Å². The van der Waals surface area contributed by atoms with E-state index in [1.54, 1.807) is 0 Å². The normalized spacial score (nSPS) is 11.3. The van der Waals surface area contributed by atoms with Crippen molar-refractivity contribution in [2.45, 2.75) is 6.18 Å². The number of anilines is 1. The second kappa shape index (κ2) is 5.69. The Bertz CT molecular complexity index is 688. The highest BCUT2D eigenvalue weighted by molar-refractivity contribution is 6.29. The number of amides is 1. The summed E-state index contributed by atoms with van der Waals surface area (Å²) in [4.78, 5) is 15.5. The quantitative estimate of drug-likeness (QED) is 0.668. The Balaban J connectivity index is 2.29. The van der Waals surface area contributed by atoms with E-state index in [-0.39, 0.29) is 10.7 Å². The highest BCUT2D eigenvalue weighted by Gasteiger charge is 2.31. The van der Waals surface area contributed by atoms with Gasteiger partial charge in [0.2, 0.25) is 0 Å². The van der Waals surface area contributed by atoms with Crippen LogP contribution < -0.4 is 5.32 Å². The summed E-state index contributed by atoms with van der Waals surface area (Å²) in [6.07, 6.45) is -3.38. The van der Waals surface area contributed by atoms with Gasteiger partial charge in [-0.1, -0.05) is 11.6 Å². The predicted molar refractivity (Wildman–Crippen MR) is 68.6 cm³/mol. The zero-order valence-corrected chi connectivity index (χ0v) is 11.0. The monoisotopic (exact) mass is 318 g/mol. The molecule has 2 aromatic rings. The van der Waals surface area contributed by atoms with Gasteiger partial charge in [0, 0.05) is 11.8 Å². The van der Waals surface area contributed by atoms with Gasteiger partial charge in [-0.05, 0) is 30.3 Å². The van der Waals surface area contributed by atoms with Gasteiger partial charge in [-0.2, -0.15) is 13.2 Å². The largest absolute Gasteiger partial charge is 0.416 e. The fourth-order valence-corrected chi connectivity index (χ4v) is 1.71. The summed E-state index contributed by atoms with van der Waals surface area (Å²) in [5, 5.41) is 2.10. The molecule has 0 spiro atoms. The Hall–Kier alpha value is -2.15. The van der Waals surface area contributed by atoms with Crippen LogP contribution in [0.15, 0.2) is 36.5 Å². The molecule has 1 amide bonds. The first-order valence-corrected chi connectivity index (χ1v) is 5.95. The number of benzene rings is 1. The fraction of sp³-hybridized carbons (Fsp3) is 0.0769. The standard InChI is InChI=1S/C13H7ClF4N2O/c14-11-5-7(3-4-19-11)12(21)20-10-6-8(13(16,17)18)1-2-9(10)15/h1-6H,(H,20,21). The van der Waals surface area contributed by atoms with Gasteiger partial charge in [-0.25, -0.2) is 9.37 Å². The molecule has 1 aromatic heterocycles. The lowest BCUT2D eigenvalue weighted by Crippen LogP contribution is -2.14. The van der Waals surface area contributed by atoms with E-state index < -0.39 is 29.2 Å². The molecule has 0 radical (unpaired) electrons. The third-order valence-corrected chi connectivity index (χ3v) is 2.74. The van der Waals surface area contributed by atoms with Crippen LogP contribution in [0, 0.1) is 5.82 Å². The molecule has 1 aromatic carbocycles. The number of hydrogen-bond donors (Lipinski definition) is 1. The first-order chi connectivity index (χ1) is 9.77. The number of nitrogens with one attached hydrogen (secondary N) is 1. The van der Waals surface area contributed by atoms with Gasteiger partial charge in [0.15, 0.2) is 0 Å². The van der Waals surface area contributed by atoms with Crippen LogP contribution in [-0.4, -0.2) is 10.9 Å². The Morgan fingerprint density at radius 3 is 2.52 bits per heavy atom. The zero-order valence-electron chi connectivity index (χ0n) is 10.2. The van der Waals surface area contributed by atoms with Gasteiger partial charge in [0.25, 0.3) is 5.91 Å². The number of alkyl halides is 3. The lowest BCUT2D eigenvalue weighted by Gasteiger charge is -2.11. The van der Waals surface area contributed by atoms with Crippen LogP contribution >= 0.6 is 11.6 Å². The number of aromatic nitrogens is 1. The molecule has 0 unspecified atom stereocenters. The van der Waals surface area contributed by atoms with Crippen LogP contribution in [0.25, 0.3) is 0 Å². The van der Waals surface area contributed by atoms with Crippen molar-refractivity contribution >= 4 is 23.2 Å². The molecule has 3 nitrogen and oxygen atoms in total. The Kier molecular flexibility index (Phi) is 4.13. The molecule has 21 heavy (non-hydrogen) atoms. The molecule has 1 heterocycles. The molecule has 0 saturated carbocycles. The molecule has 0 aliphatic rings. The summed E-state index contributed by atoms with van der Waals surface area (Å²) >= 11 is 5.59. The van der Waals surface area contributed by atoms with E-state index in [1.165, 1.54) is 18.3 Å². The van der Waals surface area contributed by atoms with Crippen molar-refractivity contribution in [3.05, 3.63) is 58.6 Å². The fourth-order valence-electron chi connectivity index (χ4n) is 1.54. The average Bonchev–Trinajstić information content (AvgIpc) is 2.40. The van der Waals surface area contributed by atoms with Crippen LogP contribution in [0.1, 0.15) is 15.9 Å². The predicted octanol–water partition coefficient (Wildman–Crippen LogP) is 4.15. The molecule has 0 bridgehead atoms. The van der Waals surface area contributed by atoms with Crippen molar-refractivity contribution in [1.82, 2.24) is 4.98 Å². The molecule has 0 fully saturated rings. The number of nitrogens with zero attached hydrogens (tertiary/aromatic N) is 1. The maximum atomic E-state index is 13.5. The zero-order chi connectivity index (χ0) is 15.6. The number of hydrogen-bond acceptors (Lipinski definition) is 2. The number of halogens is 5. The molecule has 8 heteroatoms. The van der Waals surface area contributed by atoms with Crippen LogP contribution in [0.2, 0.25) is 5.15 Å². The first-order valence-electron chi connectivity index (χ1n) is 5.57. The SMILES string of the molecule is O=C(Nc1cc(C(F)(F)F)ccc1F)c1ccnc(Cl)c1. The highest BCUT2D eigenvalue weighted by atomic mass is 35.5. The van der Waals surface area contributed by atoms with Crippen molar-refractivity contribution in [3.63, 3.8) is 0 Å². The molecular weight excluding hydrogens is 312 g/mol. The number of carbonyl (C=O) groups excluding carboxylic acids is 1. The highest BCUT2D eigenvalue weighted by Crippen LogP contribution is 2.31. The minimum Gasteiger partial charge on any atom is -0.319 e. The van der Waals surface area contributed by atoms with Crippen molar-refractivity contribution in [2.24, 2.45) is 0 Å². The number of rotatable bonds is 2. The van der Waals surface area contributed by atoms with Crippen LogP contribution in [-0.2, 0) is 6.18 Å². The summed E-state index contributed by atoms with van der Waals surface area (Å²) in [7, 11) is 0.